The van der Waals surface area contributed by atoms with Crippen molar-refractivity contribution in [3.05, 3.63) is 48.2 Å². The van der Waals surface area contributed by atoms with Gasteiger partial charge in [-0.3, -0.25) is 4.72 Å². The summed E-state index contributed by atoms with van der Waals surface area (Å²) in [4.78, 5) is 4.19. The summed E-state index contributed by atoms with van der Waals surface area (Å²) in [7, 11) is -1.93. The Hall–Kier alpha value is -2.08. The first-order valence-electron chi connectivity index (χ1n) is 6.69. The maximum atomic E-state index is 12.4. The highest BCUT2D eigenvalue weighted by atomic mass is 32.2. The van der Waals surface area contributed by atoms with Gasteiger partial charge < -0.3 is 5.32 Å². The van der Waals surface area contributed by atoms with Crippen molar-refractivity contribution in [3.8, 4) is 0 Å². The number of hydrogen-bond acceptors (Lipinski definition) is 4. The highest BCUT2D eigenvalue weighted by molar-refractivity contribution is 7.92. The average Bonchev–Trinajstić information content (AvgIpc) is 2.47. The lowest BCUT2D eigenvalue weighted by atomic mass is 10.0. The number of anilines is 2. The van der Waals surface area contributed by atoms with Gasteiger partial charge in [0.15, 0.2) is 0 Å². The van der Waals surface area contributed by atoms with Crippen LogP contribution in [0.4, 0.5) is 11.5 Å². The summed E-state index contributed by atoms with van der Waals surface area (Å²) in [6.07, 6.45) is 1.46. The zero-order valence-electron chi connectivity index (χ0n) is 12.3. The SMILES string of the molecule is CNc1cc(S(=O)(=O)Nc2cccc(C(C)C)c2)ccn1. The second-order valence-corrected chi connectivity index (χ2v) is 6.69. The molecule has 1 aromatic carbocycles. The Morgan fingerprint density at radius 1 is 1.14 bits per heavy atom. The summed E-state index contributed by atoms with van der Waals surface area (Å²) in [6, 6.07) is 10.4. The van der Waals surface area contributed by atoms with E-state index in [-0.39, 0.29) is 4.90 Å². The quantitative estimate of drug-likeness (QED) is 0.890. The predicted molar refractivity (Wildman–Crippen MR) is 85.1 cm³/mol. The summed E-state index contributed by atoms with van der Waals surface area (Å²) in [6.45, 7) is 4.13. The fourth-order valence-corrected chi connectivity index (χ4v) is 2.95. The number of aromatic nitrogens is 1. The van der Waals surface area contributed by atoms with Crippen LogP contribution in [0.1, 0.15) is 25.3 Å². The number of nitrogens with zero attached hydrogens (tertiary/aromatic N) is 1. The van der Waals surface area contributed by atoms with Crippen molar-refractivity contribution in [1.82, 2.24) is 4.98 Å². The second-order valence-electron chi connectivity index (χ2n) is 5.01. The third-order valence-corrected chi connectivity index (χ3v) is 4.48. The summed E-state index contributed by atoms with van der Waals surface area (Å²) in [5, 5.41) is 2.82. The maximum Gasteiger partial charge on any atom is 0.262 e. The Labute approximate surface area is 125 Å². The highest BCUT2D eigenvalue weighted by Crippen LogP contribution is 2.21. The molecule has 0 spiro atoms. The molecular formula is C15H19N3O2S. The zero-order valence-corrected chi connectivity index (χ0v) is 13.1. The average molecular weight is 305 g/mol. The van der Waals surface area contributed by atoms with Crippen molar-refractivity contribution < 1.29 is 8.42 Å². The summed E-state index contributed by atoms with van der Waals surface area (Å²) < 4.78 is 27.4. The molecule has 112 valence electrons. The molecule has 2 N–H and O–H groups in total. The van der Waals surface area contributed by atoms with E-state index >= 15 is 0 Å². The smallest absolute Gasteiger partial charge is 0.262 e. The number of hydrogen-bond donors (Lipinski definition) is 2. The Bertz CT molecular complexity index is 727. The second kappa shape index (κ2) is 6.13. The first-order chi connectivity index (χ1) is 9.92. The van der Waals surface area contributed by atoms with Crippen LogP contribution in [0, 0.1) is 0 Å². The minimum Gasteiger partial charge on any atom is -0.373 e. The monoisotopic (exact) mass is 305 g/mol. The molecule has 0 aliphatic rings. The van der Waals surface area contributed by atoms with Gasteiger partial charge in [-0.15, -0.1) is 0 Å². The highest BCUT2D eigenvalue weighted by Gasteiger charge is 2.15. The van der Waals surface area contributed by atoms with E-state index in [0.29, 0.717) is 17.4 Å². The van der Waals surface area contributed by atoms with Crippen LogP contribution in [0.15, 0.2) is 47.5 Å². The Morgan fingerprint density at radius 2 is 1.90 bits per heavy atom. The van der Waals surface area contributed by atoms with Crippen LogP contribution in [0.3, 0.4) is 0 Å². The maximum absolute atomic E-state index is 12.4. The van der Waals surface area contributed by atoms with Gasteiger partial charge in [-0.1, -0.05) is 26.0 Å². The van der Waals surface area contributed by atoms with Crippen molar-refractivity contribution in [2.45, 2.75) is 24.7 Å². The van der Waals surface area contributed by atoms with E-state index < -0.39 is 10.0 Å². The van der Waals surface area contributed by atoms with Crippen molar-refractivity contribution in [3.63, 3.8) is 0 Å². The van der Waals surface area contributed by atoms with Crippen LogP contribution < -0.4 is 10.0 Å². The van der Waals surface area contributed by atoms with Gasteiger partial charge in [0.25, 0.3) is 10.0 Å². The van der Waals surface area contributed by atoms with Gasteiger partial charge >= 0.3 is 0 Å². The fraction of sp³-hybridized carbons (Fsp3) is 0.267. The number of benzene rings is 1. The molecule has 2 rings (SSSR count). The van der Waals surface area contributed by atoms with E-state index in [9.17, 15) is 8.42 Å². The van der Waals surface area contributed by atoms with Crippen LogP contribution in [-0.4, -0.2) is 20.4 Å². The Morgan fingerprint density at radius 3 is 2.57 bits per heavy atom. The van der Waals surface area contributed by atoms with Crippen molar-refractivity contribution in [2.75, 3.05) is 17.1 Å². The minimum absolute atomic E-state index is 0.178. The third kappa shape index (κ3) is 3.72. The van der Waals surface area contributed by atoms with E-state index in [2.05, 4.69) is 28.9 Å². The van der Waals surface area contributed by atoms with Crippen LogP contribution >= 0.6 is 0 Å². The largest absolute Gasteiger partial charge is 0.373 e. The number of nitrogens with one attached hydrogen (secondary N) is 2. The third-order valence-electron chi connectivity index (χ3n) is 3.10. The van der Waals surface area contributed by atoms with E-state index in [4.69, 9.17) is 0 Å². The number of rotatable bonds is 5. The Kier molecular flexibility index (Phi) is 4.47. The molecule has 2 aromatic rings. The first kappa shape index (κ1) is 15.3. The topological polar surface area (TPSA) is 71.1 Å². The summed E-state index contributed by atoms with van der Waals surface area (Å²) in [5.74, 6) is 0.847. The fourth-order valence-electron chi connectivity index (χ4n) is 1.89. The molecule has 1 aromatic heterocycles. The molecule has 0 fully saturated rings. The first-order valence-corrected chi connectivity index (χ1v) is 8.17. The van der Waals surface area contributed by atoms with Gasteiger partial charge in [0.05, 0.1) is 4.90 Å². The Balaban J connectivity index is 2.30. The molecule has 1 heterocycles. The summed E-state index contributed by atoms with van der Waals surface area (Å²) in [5.41, 5.74) is 1.64. The lowest BCUT2D eigenvalue weighted by Gasteiger charge is -2.11. The van der Waals surface area contributed by atoms with Crippen LogP contribution in [0.2, 0.25) is 0 Å². The van der Waals surface area contributed by atoms with Gasteiger partial charge in [0, 0.05) is 25.0 Å². The molecule has 0 atom stereocenters. The lowest BCUT2D eigenvalue weighted by Crippen LogP contribution is -2.13. The molecule has 6 heteroatoms. The molecule has 0 aliphatic heterocycles. The van der Waals surface area contributed by atoms with Crippen LogP contribution in [-0.2, 0) is 10.0 Å². The molecule has 0 aliphatic carbocycles. The zero-order chi connectivity index (χ0) is 15.5. The molecule has 0 amide bonds. The van der Waals surface area contributed by atoms with Crippen LogP contribution in [0.5, 0.6) is 0 Å². The predicted octanol–water partition coefficient (Wildman–Crippen LogP) is 3.05. The van der Waals surface area contributed by atoms with E-state index in [1.54, 1.807) is 13.1 Å². The number of sulfonamides is 1. The standard InChI is InChI=1S/C15H19N3O2S/c1-11(2)12-5-4-6-13(9-12)18-21(19,20)14-7-8-17-15(10-14)16-3/h4-11,18H,1-3H3,(H,16,17). The molecule has 5 nitrogen and oxygen atoms in total. The van der Waals surface area contributed by atoms with Gasteiger partial charge in [-0.05, 0) is 29.7 Å². The minimum atomic E-state index is -3.62. The van der Waals surface area contributed by atoms with E-state index in [1.807, 2.05) is 18.2 Å². The molecular weight excluding hydrogens is 286 g/mol. The molecule has 0 bridgehead atoms. The van der Waals surface area contributed by atoms with Crippen molar-refractivity contribution in [2.24, 2.45) is 0 Å². The van der Waals surface area contributed by atoms with Crippen molar-refractivity contribution >= 4 is 21.5 Å². The van der Waals surface area contributed by atoms with Gasteiger partial charge in [0.1, 0.15) is 5.82 Å². The summed E-state index contributed by atoms with van der Waals surface area (Å²) >= 11 is 0. The van der Waals surface area contributed by atoms with Crippen LogP contribution in [0.25, 0.3) is 0 Å². The normalized spacial score (nSPS) is 11.4. The molecule has 0 saturated heterocycles. The lowest BCUT2D eigenvalue weighted by molar-refractivity contribution is 0.601. The van der Waals surface area contributed by atoms with E-state index in [0.717, 1.165) is 5.56 Å². The van der Waals surface area contributed by atoms with E-state index in [1.165, 1.54) is 18.3 Å². The van der Waals surface area contributed by atoms with Gasteiger partial charge in [0.2, 0.25) is 0 Å². The molecule has 21 heavy (non-hydrogen) atoms. The van der Waals surface area contributed by atoms with Gasteiger partial charge in [-0.25, -0.2) is 13.4 Å². The van der Waals surface area contributed by atoms with Crippen molar-refractivity contribution in [1.29, 1.82) is 0 Å². The van der Waals surface area contributed by atoms with Gasteiger partial charge in [-0.2, -0.15) is 0 Å². The molecule has 0 unspecified atom stereocenters. The number of pyridine rings is 1. The molecule has 0 saturated carbocycles. The molecule has 0 radical (unpaired) electrons.